The van der Waals surface area contributed by atoms with Crippen LogP contribution in [0.3, 0.4) is 0 Å². The minimum absolute atomic E-state index is 0.00251. The van der Waals surface area contributed by atoms with Crippen molar-refractivity contribution in [2.45, 2.75) is 59.7 Å². The number of aromatic nitrogens is 1. The summed E-state index contributed by atoms with van der Waals surface area (Å²) >= 11 is 0. The number of hydrogen-bond acceptors (Lipinski definition) is 3. The molecule has 0 spiro atoms. The van der Waals surface area contributed by atoms with E-state index in [2.05, 4.69) is 262 Å². The summed E-state index contributed by atoms with van der Waals surface area (Å²) < 4.78 is 2.40. The first-order valence-electron chi connectivity index (χ1n) is 23.1. The number of nitrogens with zero attached hydrogens (tertiary/aromatic N) is 4. The van der Waals surface area contributed by atoms with Crippen molar-refractivity contribution in [3.8, 4) is 11.1 Å². The fraction of sp³-hybridized carbons (Fsp3) is 0.153. The molecule has 0 saturated heterocycles. The molecular weight excluding hydrogens is 804 g/mol. The van der Waals surface area contributed by atoms with E-state index in [0.29, 0.717) is 0 Å². The predicted molar refractivity (Wildman–Crippen MR) is 283 cm³/mol. The van der Waals surface area contributed by atoms with Gasteiger partial charge < -0.3 is 14.2 Å². The van der Waals surface area contributed by atoms with Gasteiger partial charge in [0.1, 0.15) is 5.82 Å². The fourth-order valence-electron chi connectivity index (χ4n) is 10.4. The van der Waals surface area contributed by atoms with E-state index in [-0.39, 0.29) is 12.1 Å². The molecule has 2 aromatic heterocycles. The number of rotatable bonds is 7. The molecule has 0 fully saturated rings. The lowest BCUT2D eigenvalue weighted by molar-refractivity contribution is 0.590. The Bertz CT molecular complexity index is 3230. The van der Waals surface area contributed by atoms with Crippen molar-refractivity contribution in [2.24, 2.45) is 0 Å². The Morgan fingerprint density at radius 1 is 0.508 bits per heavy atom. The third-order valence-corrected chi connectivity index (χ3v) is 15.7. The Kier molecular flexibility index (Phi) is 9.60. The highest BCUT2D eigenvalue weighted by Crippen LogP contribution is 2.47. The molecule has 4 nitrogen and oxygen atoms in total. The highest BCUT2D eigenvalue weighted by molar-refractivity contribution is 7.00. The third kappa shape index (κ3) is 6.82. The van der Waals surface area contributed by atoms with Crippen molar-refractivity contribution in [3.05, 3.63) is 205 Å². The quantitative estimate of drug-likeness (QED) is 0.148. The van der Waals surface area contributed by atoms with Crippen LogP contribution in [0.25, 0.3) is 16.6 Å². The number of pyridine rings is 1. The van der Waals surface area contributed by atoms with Crippen LogP contribution in [-0.2, 0) is 5.41 Å². The maximum atomic E-state index is 2.57. The summed E-state index contributed by atoms with van der Waals surface area (Å²) in [5.74, 6) is 1.21. The van der Waals surface area contributed by atoms with Gasteiger partial charge in [0.05, 0.1) is 13.8 Å². The van der Waals surface area contributed by atoms with Gasteiger partial charge in [0.2, 0.25) is 0 Å². The Hall–Kier alpha value is -7.02. The predicted octanol–water partition coefficient (Wildman–Crippen LogP) is 13.6. The highest BCUT2D eigenvalue weighted by Gasteiger charge is 2.46. The van der Waals surface area contributed by atoms with Gasteiger partial charge in [-0.25, -0.2) is 0 Å². The summed E-state index contributed by atoms with van der Waals surface area (Å²) in [4.78, 5) is 7.61. The zero-order valence-corrected chi connectivity index (χ0v) is 39.8. The molecule has 0 atom stereocenters. The molecular formula is C59H55BN4Si. The monoisotopic (exact) mass is 858 g/mol. The molecule has 0 N–H and O–H groups in total. The van der Waals surface area contributed by atoms with Gasteiger partial charge in [-0.1, -0.05) is 137 Å². The molecule has 2 aliphatic rings. The smallest absolute Gasteiger partial charge is 0.254 e. The fourth-order valence-corrected chi connectivity index (χ4v) is 11.6. The van der Waals surface area contributed by atoms with Crippen LogP contribution in [0.15, 0.2) is 188 Å². The lowest BCUT2D eigenvalue weighted by Crippen LogP contribution is -2.62. The summed E-state index contributed by atoms with van der Waals surface area (Å²) in [6.45, 7) is 18.9. The largest absolute Gasteiger partial charge is 0.311 e. The summed E-state index contributed by atoms with van der Waals surface area (Å²) in [6, 6.07) is 68.1. The zero-order chi connectivity index (χ0) is 44.8. The molecule has 0 radical (unpaired) electrons. The maximum Gasteiger partial charge on any atom is 0.254 e. The summed E-state index contributed by atoms with van der Waals surface area (Å²) in [5, 5.41) is 1.43. The molecule has 7 aromatic carbocycles. The van der Waals surface area contributed by atoms with Crippen LogP contribution in [-0.4, -0.2) is 19.2 Å². The van der Waals surface area contributed by atoms with Crippen LogP contribution in [0, 0.1) is 13.8 Å². The average molecular weight is 859 g/mol. The van der Waals surface area contributed by atoms with E-state index in [9.17, 15) is 0 Å². The lowest BCUT2D eigenvalue weighted by atomic mass is 9.34. The number of fused-ring (bicyclic) bond motifs is 6. The first-order chi connectivity index (χ1) is 31.3. The molecule has 0 aliphatic carbocycles. The van der Waals surface area contributed by atoms with Gasteiger partial charge in [-0.15, -0.1) is 0 Å². The van der Waals surface area contributed by atoms with Crippen LogP contribution in [0.4, 0.5) is 51.3 Å². The van der Waals surface area contributed by atoms with Gasteiger partial charge in [-0.05, 0) is 154 Å². The molecule has 0 saturated carbocycles. The Balaban J connectivity index is 1.20. The standard InChI is InChI=1S/C59H55BN4Si/c1-40-34-43(42-20-12-9-13-21-42)35-41(2)57(40)62(47-29-27-44(28-30-47)59(3,4)5)49-31-32-51-53(37-49)63(45-22-14-10-15-23-45)54-38-50(65(6,7)8)39-55-56(54)60(51)52-36-48-26-18-19-33-61(48)58(52)64(55)46-24-16-11-17-25-46/h9-39H,1-8H3. The van der Waals surface area contributed by atoms with E-state index >= 15 is 0 Å². The van der Waals surface area contributed by atoms with Crippen molar-refractivity contribution in [1.82, 2.24) is 4.40 Å². The number of aryl methyl sites for hydroxylation is 2. The van der Waals surface area contributed by atoms with Gasteiger partial charge in [0.25, 0.3) is 6.71 Å². The SMILES string of the molecule is Cc1cc(-c2ccccc2)cc(C)c1N(c1ccc(C(C)(C)C)cc1)c1ccc2c(c1)N(c1ccccc1)c1cc([Si](C)(C)C)cc3c1B2c1cc2ccccn2c1N3c1ccccc1. The van der Waals surface area contributed by atoms with E-state index in [0.717, 1.165) is 22.7 Å². The molecule has 318 valence electrons. The van der Waals surface area contributed by atoms with Crippen molar-refractivity contribution >= 4 is 93.2 Å². The molecule has 0 amide bonds. The number of anilines is 9. The Labute approximate surface area is 386 Å². The topological polar surface area (TPSA) is 14.1 Å². The normalized spacial score (nSPS) is 13.1. The zero-order valence-electron chi connectivity index (χ0n) is 38.8. The second-order valence-electron chi connectivity index (χ2n) is 20.1. The Morgan fingerprint density at radius 2 is 1.08 bits per heavy atom. The van der Waals surface area contributed by atoms with Crippen LogP contribution >= 0.6 is 0 Å². The minimum Gasteiger partial charge on any atom is -0.311 e. The van der Waals surface area contributed by atoms with Crippen LogP contribution in [0.2, 0.25) is 19.6 Å². The van der Waals surface area contributed by atoms with Crippen molar-refractivity contribution in [2.75, 3.05) is 14.7 Å². The van der Waals surface area contributed by atoms with Crippen LogP contribution < -0.4 is 36.3 Å². The van der Waals surface area contributed by atoms with Crippen molar-refractivity contribution < 1.29 is 0 Å². The van der Waals surface area contributed by atoms with E-state index in [1.54, 1.807) is 0 Å². The third-order valence-electron chi connectivity index (χ3n) is 13.6. The van der Waals surface area contributed by atoms with Gasteiger partial charge in [0.15, 0.2) is 0 Å². The van der Waals surface area contributed by atoms with E-state index in [1.165, 1.54) is 83.5 Å². The maximum absolute atomic E-state index is 2.57. The number of hydrogen-bond donors (Lipinski definition) is 0. The van der Waals surface area contributed by atoms with Gasteiger partial charge in [0, 0.05) is 51.5 Å². The molecule has 0 unspecified atom stereocenters. The van der Waals surface area contributed by atoms with Gasteiger partial charge in [-0.2, -0.15) is 0 Å². The van der Waals surface area contributed by atoms with E-state index in [1.807, 2.05) is 0 Å². The second-order valence-corrected chi connectivity index (χ2v) is 25.1. The summed E-state index contributed by atoms with van der Waals surface area (Å²) in [7, 11) is -1.87. The molecule has 2 aliphatic heterocycles. The van der Waals surface area contributed by atoms with E-state index in [4.69, 9.17) is 0 Å². The second kappa shape index (κ2) is 15.3. The van der Waals surface area contributed by atoms with Gasteiger partial charge >= 0.3 is 0 Å². The molecule has 65 heavy (non-hydrogen) atoms. The molecule has 0 bridgehead atoms. The molecule has 11 rings (SSSR count). The first-order valence-corrected chi connectivity index (χ1v) is 26.6. The summed E-state index contributed by atoms with van der Waals surface area (Å²) in [5.41, 5.74) is 20.9. The minimum atomic E-state index is -1.87. The van der Waals surface area contributed by atoms with Crippen molar-refractivity contribution in [3.63, 3.8) is 0 Å². The lowest BCUT2D eigenvalue weighted by Gasteiger charge is -2.44. The average Bonchev–Trinajstić information content (AvgIpc) is 3.69. The van der Waals surface area contributed by atoms with Gasteiger partial charge in [-0.3, -0.25) is 4.90 Å². The Morgan fingerprint density at radius 3 is 1.69 bits per heavy atom. The first kappa shape index (κ1) is 40.7. The molecule has 9 aromatic rings. The number of benzene rings is 7. The molecule has 4 heterocycles. The van der Waals surface area contributed by atoms with E-state index < -0.39 is 8.07 Å². The van der Waals surface area contributed by atoms with Crippen molar-refractivity contribution in [1.29, 1.82) is 0 Å². The highest BCUT2D eigenvalue weighted by atomic mass is 28.3. The summed E-state index contributed by atoms with van der Waals surface area (Å²) in [6.07, 6.45) is 2.23. The van der Waals surface area contributed by atoms with Crippen LogP contribution in [0.1, 0.15) is 37.5 Å². The molecule has 6 heteroatoms. The van der Waals surface area contributed by atoms with Crippen LogP contribution in [0.5, 0.6) is 0 Å². The number of para-hydroxylation sites is 2.